The van der Waals surface area contributed by atoms with Crippen LogP contribution in [0.2, 0.25) is 0 Å². The van der Waals surface area contributed by atoms with Crippen molar-refractivity contribution in [3.63, 3.8) is 0 Å². The summed E-state index contributed by atoms with van der Waals surface area (Å²) in [5.41, 5.74) is 0.847. The highest BCUT2D eigenvalue weighted by Crippen LogP contribution is 2.52. The van der Waals surface area contributed by atoms with Gasteiger partial charge in [0.25, 0.3) is 0 Å². The molecule has 2 aromatic heterocycles. The normalized spacial score (nSPS) is 22.9. The number of thioether (sulfide) groups is 1. The predicted octanol–water partition coefficient (Wildman–Crippen LogP) is 3.17. The van der Waals surface area contributed by atoms with Gasteiger partial charge in [0.1, 0.15) is 21.9 Å². The van der Waals surface area contributed by atoms with Crippen LogP contribution in [-0.4, -0.2) is 62.4 Å². The van der Waals surface area contributed by atoms with Gasteiger partial charge in [-0.15, -0.1) is 23.1 Å². The molecule has 11 heteroatoms. The standard InChI is InChI=1S/C23H29N3O6S2/c1-6-13(7-2)22(29)31-10-32-23(30)18-15(11(3)17-16(12(4)27)20(28)26(17)18)14-8-25-9-24-19(33-5)21(25)34-14/h8-9,11-13,16-17,27H,6-7,10H2,1-5H3/t11-,12+,16+,17+/m0/s1. The van der Waals surface area contributed by atoms with Gasteiger partial charge in [-0.1, -0.05) is 20.8 Å². The van der Waals surface area contributed by atoms with Crippen molar-refractivity contribution in [3.8, 4) is 0 Å². The minimum absolute atomic E-state index is 0.154. The fourth-order valence-electron chi connectivity index (χ4n) is 4.87. The number of amides is 1. The molecule has 1 amide bonds. The highest BCUT2D eigenvalue weighted by molar-refractivity contribution is 7.98. The quantitative estimate of drug-likeness (QED) is 0.239. The van der Waals surface area contributed by atoms with E-state index in [1.807, 2.05) is 37.6 Å². The van der Waals surface area contributed by atoms with Crippen molar-refractivity contribution in [3.05, 3.63) is 23.1 Å². The third-order valence-electron chi connectivity index (χ3n) is 6.71. The summed E-state index contributed by atoms with van der Waals surface area (Å²) in [5.74, 6) is -2.47. The summed E-state index contributed by atoms with van der Waals surface area (Å²) in [6, 6.07) is -0.336. The summed E-state index contributed by atoms with van der Waals surface area (Å²) in [5, 5.41) is 11.1. The Morgan fingerprint density at radius 3 is 2.62 bits per heavy atom. The number of ether oxygens (including phenoxy) is 2. The third kappa shape index (κ3) is 3.93. The van der Waals surface area contributed by atoms with Gasteiger partial charge < -0.3 is 19.5 Å². The molecule has 0 spiro atoms. The van der Waals surface area contributed by atoms with Gasteiger partial charge in [0.15, 0.2) is 0 Å². The lowest BCUT2D eigenvalue weighted by Crippen LogP contribution is -2.63. The molecule has 2 aliphatic rings. The summed E-state index contributed by atoms with van der Waals surface area (Å²) in [4.78, 5) is 45.9. The Balaban J connectivity index is 1.65. The van der Waals surface area contributed by atoms with Gasteiger partial charge >= 0.3 is 11.9 Å². The molecule has 0 aromatic carbocycles. The Morgan fingerprint density at radius 1 is 1.29 bits per heavy atom. The van der Waals surface area contributed by atoms with E-state index in [1.54, 1.807) is 13.3 Å². The van der Waals surface area contributed by atoms with E-state index in [2.05, 4.69) is 4.98 Å². The van der Waals surface area contributed by atoms with E-state index >= 15 is 0 Å². The first-order valence-corrected chi connectivity index (χ1v) is 13.4. The molecule has 34 heavy (non-hydrogen) atoms. The zero-order valence-electron chi connectivity index (χ0n) is 19.8. The number of aliphatic hydroxyl groups excluding tert-OH is 1. The number of fused-ring (bicyclic) bond motifs is 2. The molecular weight excluding hydrogens is 478 g/mol. The molecule has 2 aromatic rings. The molecule has 2 aliphatic heterocycles. The van der Waals surface area contributed by atoms with Crippen LogP contribution in [0.1, 0.15) is 45.4 Å². The highest BCUT2D eigenvalue weighted by Gasteiger charge is 2.60. The molecule has 0 aliphatic carbocycles. The second kappa shape index (κ2) is 9.71. The first-order valence-electron chi connectivity index (χ1n) is 11.3. The van der Waals surface area contributed by atoms with Crippen LogP contribution in [-0.2, 0) is 23.9 Å². The Labute approximate surface area is 206 Å². The number of nitrogens with zero attached hydrogens (tertiary/aromatic N) is 3. The van der Waals surface area contributed by atoms with Gasteiger partial charge in [0.05, 0.1) is 28.9 Å². The number of hydrogen-bond donors (Lipinski definition) is 1. The number of esters is 2. The topological polar surface area (TPSA) is 110 Å². The zero-order chi connectivity index (χ0) is 24.7. The van der Waals surface area contributed by atoms with E-state index in [0.717, 1.165) is 14.7 Å². The Morgan fingerprint density at radius 2 is 2.00 bits per heavy atom. The fourth-order valence-corrected chi connectivity index (χ4v) is 6.79. The second-order valence-electron chi connectivity index (χ2n) is 8.60. The van der Waals surface area contributed by atoms with Crippen molar-refractivity contribution >= 4 is 51.3 Å². The summed E-state index contributed by atoms with van der Waals surface area (Å²) in [7, 11) is 0. The van der Waals surface area contributed by atoms with E-state index in [0.29, 0.717) is 18.4 Å². The molecule has 1 fully saturated rings. The summed E-state index contributed by atoms with van der Waals surface area (Å²) >= 11 is 3.02. The van der Waals surface area contributed by atoms with Gasteiger partial charge in [-0.25, -0.2) is 9.78 Å². The van der Waals surface area contributed by atoms with Gasteiger partial charge in [-0.3, -0.25) is 14.0 Å². The first-order chi connectivity index (χ1) is 16.2. The molecule has 4 rings (SSSR count). The Kier molecular flexibility index (Phi) is 7.07. The lowest BCUT2D eigenvalue weighted by atomic mass is 9.77. The number of aromatic nitrogens is 2. The van der Waals surface area contributed by atoms with E-state index in [9.17, 15) is 19.5 Å². The van der Waals surface area contributed by atoms with Gasteiger partial charge in [0, 0.05) is 17.7 Å². The molecule has 4 atom stereocenters. The molecule has 9 nitrogen and oxygen atoms in total. The van der Waals surface area contributed by atoms with Crippen LogP contribution in [0.15, 0.2) is 23.2 Å². The van der Waals surface area contributed by atoms with Crippen molar-refractivity contribution in [1.29, 1.82) is 0 Å². The van der Waals surface area contributed by atoms with Crippen molar-refractivity contribution in [2.24, 2.45) is 17.8 Å². The lowest BCUT2D eigenvalue weighted by molar-refractivity contribution is -0.173. The summed E-state index contributed by atoms with van der Waals surface area (Å²) in [6.45, 7) is 6.82. The van der Waals surface area contributed by atoms with E-state index < -0.39 is 30.8 Å². The van der Waals surface area contributed by atoms with E-state index in [-0.39, 0.29) is 29.5 Å². The number of carbonyl (C=O) groups excluding carboxylic acids is 3. The van der Waals surface area contributed by atoms with Gasteiger partial charge in [-0.2, -0.15) is 0 Å². The number of carbonyl (C=O) groups is 3. The van der Waals surface area contributed by atoms with E-state index in [4.69, 9.17) is 9.47 Å². The van der Waals surface area contributed by atoms with Crippen LogP contribution in [0.25, 0.3) is 10.4 Å². The molecule has 1 saturated heterocycles. The predicted molar refractivity (Wildman–Crippen MR) is 128 cm³/mol. The maximum atomic E-state index is 13.2. The van der Waals surface area contributed by atoms with Crippen molar-refractivity contribution in [2.75, 3.05) is 13.0 Å². The van der Waals surface area contributed by atoms with Crippen LogP contribution in [0, 0.1) is 17.8 Å². The molecule has 4 heterocycles. The first kappa shape index (κ1) is 24.7. The maximum absolute atomic E-state index is 13.2. The highest BCUT2D eigenvalue weighted by atomic mass is 32.2. The SMILES string of the molecule is CCC(CC)C(=O)OCOC(=O)C1=C(c2cn3cnc(SC)c3s2)[C@H](C)[C@@H]2[C@@H]([C@@H](C)O)C(=O)N12. The van der Waals surface area contributed by atoms with Crippen molar-refractivity contribution in [1.82, 2.24) is 14.3 Å². The van der Waals surface area contributed by atoms with Crippen LogP contribution in [0.3, 0.4) is 0 Å². The molecular formula is C23H29N3O6S2. The van der Waals surface area contributed by atoms with E-state index in [1.165, 1.54) is 28.0 Å². The van der Waals surface area contributed by atoms with Gasteiger partial charge in [0.2, 0.25) is 12.7 Å². The number of β-lactam (4-membered cyclic amide) rings is 1. The van der Waals surface area contributed by atoms with Gasteiger partial charge in [-0.05, 0) is 26.0 Å². The largest absolute Gasteiger partial charge is 0.428 e. The summed E-state index contributed by atoms with van der Waals surface area (Å²) < 4.78 is 12.4. The average Bonchev–Trinajstić information content (AvgIpc) is 3.43. The number of thiazole rings is 1. The van der Waals surface area contributed by atoms with Crippen LogP contribution >= 0.6 is 23.1 Å². The summed E-state index contributed by atoms with van der Waals surface area (Å²) in [6.07, 6.45) is 6.00. The smallest absolute Gasteiger partial charge is 0.358 e. The molecule has 0 unspecified atom stereocenters. The van der Waals surface area contributed by atoms with Crippen LogP contribution in [0.4, 0.5) is 0 Å². The maximum Gasteiger partial charge on any atom is 0.358 e. The number of aliphatic hydroxyl groups is 1. The number of imidazole rings is 1. The van der Waals surface area contributed by atoms with Crippen LogP contribution in [0.5, 0.6) is 0 Å². The monoisotopic (exact) mass is 507 g/mol. The van der Waals surface area contributed by atoms with Crippen molar-refractivity contribution in [2.45, 2.75) is 57.7 Å². The molecule has 0 radical (unpaired) electrons. The minimum Gasteiger partial charge on any atom is -0.428 e. The minimum atomic E-state index is -0.833. The van der Waals surface area contributed by atoms with Crippen molar-refractivity contribution < 1.29 is 29.0 Å². The van der Waals surface area contributed by atoms with Crippen LogP contribution < -0.4 is 0 Å². The molecule has 0 saturated carbocycles. The molecule has 0 bridgehead atoms. The number of hydrogen-bond acceptors (Lipinski definition) is 9. The Hall–Kier alpha value is -2.37. The Bertz CT molecular complexity index is 1150. The zero-order valence-corrected chi connectivity index (χ0v) is 21.4. The number of rotatable bonds is 9. The fraction of sp³-hybridized carbons (Fsp3) is 0.565. The lowest BCUT2D eigenvalue weighted by Gasteiger charge is -2.46. The second-order valence-corrected chi connectivity index (χ2v) is 10.4. The molecule has 184 valence electrons. The third-order valence-corrected chi connectivity index (χ3v) is 8.67. The molecule has 1 N–H and O–H groups in total. The average molecular weight is 508 g/mol.